The lowest BCUT2D eigenvalue weighted by Gasteiger charge is -2.12. The van der Waals surface area contributed by atoms with Crippen molar-refractivity contribution in [3.63, 3.8) is 0 Å². The van der Waals surface area contributed by atoms with Crippen LogP contribution in [0.5, 0.6) is 5.75 Å². The molecule has 0 unspecified atom stereocenters. The molecule has 1 aliphatic rings. The maximum Gasteiger partial charge on any atom is 0.251 e. The van der Waals surface area contributed by atoms with Crippen molar-refractivity contribution in [2.75, 3.05) is 13.2 Å². The molecule has 1 amide bonds. The molecule has 1 fully saturated rings. The number of hydrogen-bond donors (Lipinski definition) is 1. The Balaban J connectivity index is 1.48. The van der Waals surface area contributed by atoms with Crippen LogP contribution in [0.2, 0.25) is 0 Å². The third-order valence-corrected chi connectivity index (χ3v) is 4.15. The van der Waals surface area contributed by atoms with E-state index in [2.05, 4.69) is 5.32 Å². The lowest BCUT2D eigenvalue weighted by molar-refractivity contribution is 0.0679. The van der Waals surface area contributed by atoms with Crippen molar-refractivity contribution in [3.8, 4) is 5.75 Å². The number of benzene rings is 2. The van der Waals surface area contributed by atoms with Crippen LogP contribution in [0.25, 0.3) is 0 Å². The smallest absolute Gasteiger partial charge is 0.251 e. The van der Waals surface area contributed by atoms with E-state index in [-0.39, 0.29) is 12.0 Å². The maximum atomic E-state index is 12.2. The first-order valence-corrected chi connectivity index (χ1v) is 8.39. The summed E-state index contributed by atoms with van der Waals surface area (Å²) >= 11 is 0. The molecule has 0 bridgehead atoms. The van der Waals surface area contributed by atoms with E-state index in [9.17, 15) is 4.79 Å². The summed E-state index contributed by atoms with van der Waals surface area (Å²) in [6.07, 6.45) is 2.36. The predicted octanol–water partition coefficient (Wildman–Crippen LogP) is 3.48. The number of rotatable bonds is 6. The number of ether oxygens (including phenoxy) is 2. The Hall–Kier alpha value is -2.33. The average molecular weight is 325 g/mol. The molecular formula is C20H23NO3. The van der Waals surface area contributed by atoms with Crippen LogP contribution in [-0.2, 0) is 11.3 Å². The zero-order valence-corrected chi connectivity index (χ0v) is 14.0. The second-order valence-electron chi connectivity index (χ2n) is 6.14. The van der Waals surface area contributed by atoms with E-state index in [1.165, 1.54) is 5.56 Å². The normalized spacial score (nSPS) is 16.8. The van der Waals surface area contributed by atoms with Crippen molar-refractivity contribution in [1.82, 2.24) is 5.32 Å². The van der Waals surface area contributed by atoms with E-state index in [1.807, 2.05) is 43.3 Å². The van der Waals surface area contributed by atoms with Crippen molar-refractivity contribution in [2.45, 2.75) is 32.4 Å². The zero-order chi connectivity index (χ0) is 16.8. The highest BCUT2D eigenvalue weighted by Gasteiger charge is 2.16. The third kappa shape index (κ3) is 4.59. The first kappa shape index (κ1) is 16.5. The van der Waals surface area contributed by atoms with Crippen molar-refractivity contribution in [1.29, 1.82) is 0 Å². The molecule has 126 valence electrons. The third-order valence-electron chi connectivity index (χ3n) is 4.15. The van der Waals surface area contributed by atoms with Gasteiger partial charge in [0.2, 0.25) is 0 Å². The molecule has 1 N–H and O–H groups in total. The highest BCUT2D eigenvalue weighted by molar-refractivity contribution is 5.94. The second-order valence-corrected chi connectivity index (χ2v) is 6.14. The zero-order valence-electron chi connectivity index (χ0n) is 14.0. The maximum absolute atomic E-state index is 12.2. The van der Waals surface area contributed by atoms with E-state index in [4.69, 9.17) is 9.47 Å². The van der Waals surface area contributed by atoms with Gasteiger partial charge in [-0.05, 0) is 49.6 Å². The van der Waals surface area contributed by atoms with E-state index in [0.717, 1.165) is 30.8 Å². The summed E-state index contributed by atoms with van der Waals surface area (Å²) in [5, 5.41) is 2.93. The molecule has 4 nitrogen and oxygen atoms in total. The van der Waals surface area contributed by atoms with Crippen molar-refractivity contribution < 1.29 is 14.3 Å². The van der Waals surface area contributed by atoms with Crippen molar-refractivity contribution in [2.24, 2.45) is 0 Å². The Morgan fingerprint density at radius 3 is 2.58 bits per heavy atom. The molecule has 1 aliphatic heterocycles. The lowest BCUT2D eigenvalue weighted by atomic mass is 10.1. The molecule has 4 heteroatoms. The van der Waals surface area contributed by atoms with Crippen LogP contribution < -0.4 is 10.1 Å². The lowest BCUT2D eigenvalue weighted by Crippen LogP contribution is -2.22. The molecule has 0 aromatic heterocycles. The molecule has 2 aromatic rings. The minimum atomic E-state index is -0.0822. The average Bonchev–Trinajstić information content (AvgIpc) is 3.13. The first-order valence-electron chi connectivity index (χ1n) is 8.39. The summed E-state index contributed by atoms with van der Waals surface area (Å²) in [5.74, 6) is 0.682. The predicted molar refractivity (Wildman–Crippen MR) is 93.3 cm³/mol. The van der Waals surface area contributed by atoms with Gasteiger partial charge in [0.05, 0.1) is 6.10 Å². The van der Waals surface area contributed by atoms with Crippen LogP contribution in [0.4, 0.5) is 0 Å². The standard InChI is InChI=1S/C20H23NO3/c1-15-4-6-16(7-5-15)13-21-20(22)17-8-10-18(11-9-17)24-14-19-3-2-12-23-19/h4-11,19H,2-3,12-14H2,1H3,(H,21,22)/t19-/m0/s1. The molecule has 3 rings (SSSR count). The largest absolute Gasteiger partial charge is 0.491 e. The second kappa shape index (κ2) is 7.97. The van der Waals surface area contributed by atoms with Gasteiger partial charge in [-0.15, -0.1) is 0 Å². The summed E-state index contributed by atoms with van der Waals surface area (Å²) < 4.78 is 11.2. The summed E-state index contributed by atoms with van der Waals surface area (Å²) in [6, 6.07) is 15.4. The number of nitrogens with one attached hydrogen (secondary N) is 1. The fourth-order valence-electron chi connectivity index (χ4n) is 2.66. The van der Waals surface area contributed by atoms with Gasteiger partial charge < -0.3 is 14.8 Å². The summed E-state index contributed by atoms with van der Waals surface area (Å²) in [7, 11) is 0. The molecule has 1 saturated heterocycles. The Morgan fingerprint density at radius 1 is 1.17 bits per heavy atom. The van der Waals surface area contributed by atoms with E-state index in [1.54, 1.807) is 12.1 Å². The van der Waals surface area contributed by atoms with Gasteiger partial charge in [0, 0.05) is 18.7 Å². The SMILES string of the molecule is Cc1ccc(CNC(=O)c2ccc(OC[C@@H]3CCCO3)cc2)cc1. The Morgan fingerprint density at radius 2 is 1.92 bits per heavy atom. The Labute approximate surface area is 142 Å². The molecule has 24 heavy (non-hydrogen) atoms. The minimum Gasteiger partial charge on any atom is -0.491 e. The van der Waals surface area contributed by atoms with Crippen LogP contribution in [0.1, 0.15) is 34.3 Å². The van der Waals surface area contributed by atoms with Gasteiger partial charge in [-0.25, -0.2) is 0 Å². The molecule has 1 heterocycles. The number of aryl methyl sites for hydroxylation is 1. The van der Waals surface area contributed by atoms with Gasteiger partial charge in [-0.2, -0.15) is 0 Å². The van der Waals surface area contributed by atoms with Crippen LogP contribution in [0, 0.1) is 6.92 Å². The van der Waals surface area contributed by atoms with Crippen molar-refractivity contribution >= 4 is 5.91 Å². The number of amides is 1. The first-order chi connectivity index (χ1) is 11.7. The van der Waals surface area contributed by atoms with E-state index < -0.39 is 0 Å². The van der Waals surface area contributed by atoms with Crippen molar-refractivity contribution in [3.05, 3.63) is 65.2 Å². The topological polar surface area (TPSA) is 47.6 Å². The Bertz CT molecular complexity index is 658. The number of carbonyl (C=O) groups excluding carboxylic acids is 1. The summed E-state index contributed by atoms with van der Waals surface area (Å²) in [6.45, 7) is 3.97. The van der Waals surface area contributed by atoms with Crippen LogP contribution in [0.3, 0.4) is 0 Å². The van der Waals surface area contributed by atoms with Gasteiger partial charge in [0.25, 0.3) is 5.91 Å². The quantitative estimate of drug-likeness (QED) is 0.884. The molecule has 1 atom stereocenters. The minimum absolute atomic E-state index is 0.0822. The molecule has 2 aromatic carbocycles. The molecular weight excluding hydrogens is 302 g/mol. The van der Waals surface area contributed by atoms with Gasteiger partial charge >= 0.3 is 0 Å². The summed E-state index contributed by atoms with van der Waals surface area (Å²) in [4.78, 5) is 12.2. The van der Waals surface area contributed by atoms with Crippen LogP contribution in [0.15, 0.2) is 48.5 Å². The summed E-state index contributed by atoms with van der Waals surface area (Å²) in [5.41, 5.74) is 2.93. The van der Waals surface area contributed by atoms with Gasteiger partial charge in [0.1, 0.15) is 12.4 Å². The van der Waals surface area contributed by atoms with Crippen LogP contribution in [-0.4, -0.2) is 25.2 Å². The van der Waals surface area contributed by atoms with Gasteiger partial charge in [0.15, 0.2) is 0 Å². The fourth-order valence-corrected chi connectivity index (χ4v) is 2.66. The van der Waals surface area contributed by atoms with Gasteiger partial charge in [-0.1, -0.05) is 29.8 Å². The Kier molecular flexibility index (Phi) is 5.49. The molecule has 0 spiro atoms. The van der Waals surface area contributed by atoms with E-state index in [0.29, 0.717) is 18.7 Å². The fraction of sp³-hybridized carbons (Fsp3) is 0.350. The molecule has 0 aliphatic carbocycles. The van der Waals surface area contributed by atoms with Gasteiger partial charge in [-0.3, -0.25) is 4.79 Å². The molecule has 0 saturated carbocycles. The van der Waals surface area contributed by atoms with Crippen LogP contribution >= 0.6 is 0 Å². The monoisotopic (exact) mass is 325 g/mol. The van der Waals surface area contributed by atoms with E-state index >= 15 is 0 Å². The number of carbonyl (C=O) groups is 1. The highest BCUT2D eigenvalue weighted by Crippen LogP contribution is 2.16. The number of hydrogen-bond acceptors (Lipinski definition) is 3. The molecule has 0 radical (unpaired) electrons. The highest BCUT2D eigenvalue weighted by atomic mass is 16.5.